The maximum Gasteiger partial charge on any atom is 0.0792 e. The number of quaternary nitrogens is 1. The van der Waals surface area contributed by atoms with Crippen molar-refractivity contribution >= 4 is 15.9 Å². The van der Waals surface area contributed by atoms with Gasteiger partial charge in [-0.2, -0.15) is 0 Å². The summed E-state index contributed by atoms with van der Waals surface area (Å²) in [5.74, 6) is 0. The lowest BCUT2D eigenvalue weighted by Crippen LogP contribution is -3.00. The Labute approximate surface area is 136 Å². The molecule has 0 heterocycles. The van der Waals surface area contributed by atoms with Gasteiger partial charge in [0.2, 0.25) is 0 Å². The van der Waals surface area contributed by atoms with Gasteiger partial charge < -0.3 is 16.9 Å². The Morgan fingerprint density at radius 2 is 1.11 bits per heavy atom. The molecule has 0 aromatic carbocycles. The Morgan fingerprint density at radius 1 is 0.684 bits per heavy atom. The van der Waals surface area contributed by atoms with Gasteiger partial charge in [-0.15, -0.1) is 0 Å². The number of unbranched alkanes of at least 4 members (excludes halogenated alkanes) is 6. The standard InChI is InChI=1S/C16H35BrN.ClH/c1-4-6-8-10-14-18(3,16-12-13-17)15-11-9-7-5-2;/h4-16H2,1-3H3;1H/q+1;/p-1. The number of halogens is 2. The highest BCUT2D eigenvalue weighted by atomic mass is 79.9. The van der Waals surface area contributed by atoms with E-state index in [1.807, 2.05) is 0 Å². The van der Waals surface area contributed by atoms with Crippen LogP contribution >= 0.6 is 15.9 Å². The van der Waals surface area contributed by atoms with Crippen molar-refractivity contribution in [3.63, 3.8) is 0 Å². The number of hydrogen-bond donors (Lipinski definition) is 0. The topological polar surface area (TPSA) is 0 Å². The minimum absolute atomic E-state index is 0. The molecule has 0 saturated carbocycles. The van der Waals surface area contributed by atoms with Gasteiger partial charge in [0.1, 0.15) is 0 Å². The average molecular weight is 357 g/mol. The van der Waals surface area contributed by atoms with Crippen LogP contribution in [0.15, 0.2) is 0 Å². The van der Waals surface area contributed by atoms with Gasteiger partial charge >= 0.3 is 0 Å². The van der Waals surface area contributed by atoms with E-state index >= 15 is 0 Å². The van der Waals surface area contributed by atoms with E-state index in [0.29, 0.717) is 0 Å². The van der Waals surface area contributed by atoms with Gasteiger partial charge in [-0.3, -0.25) is 0 Å². The second-order valence-corrected chi connectivity index (χ2v) is 6.75. The van der Waals surface area contributed by atoms with Crippen molar-refractivity contribution < 1.29 is 16.9 Å². The van der Waals surface area contributed by atoms with E-state index in [0.717, 1.165) is 5.33 Å². The number of nitrogens with zero attached hydrogens (tertiary/aromatic N) is 1. The molecule has 0 atom stereocenters. The molecule has 0 unspecified atom stereocenters. The van der Waals surface area contributed by atoms with E-state index < -0.39 is 0 Å². The van der Waals surface area contributed by atoms with E-state index in [1.54, 1.807) is 0 Å². The zero-order valence-electron chi connectivity index (χ0n) is 13.4. The van der Waals surface area contributed by atoms with Crippen LogP contribution in [0.3, 0.4) is 0 Å². The molecule has 0 radical (unpaired) electrons. The normalized spacial score (nSPS) is 11.4. The zero-order chi connectivity index (χ0) is 13.7. The van der Waals surface area contributed by atoms with Crippen LogP contribution in [0.4, 0.5) is 0 Å². The summed E-state index contributed by atoms with van der Waals surface area (Å²) < 4.78 is 1.30. The first kappa shape index (κ1) is 22.0. The van der Waals surface area contributed by atoms with Gasteiger partial charge in [0.25, 0.3) is 0 Å². The molecule has 0 aliphatic heterocycles. The lowest BCUT2D eigenvalue weighted by atomic mass is 10.1. The van der Waals surface area contributed by atoms with Crippen LogP contribution in [-0.2, 0) is 0 Å². The van der Waals surface area contributed by atoms with Gasteiger partial charge in [0.05, 0.1) is 26.7 Å². The fourth-order valence-corrected chi connectivity index (χ4v) is 2.87. The summed E-state index contributed by atoms with van der Waals surface area (Å²) in [5.41, 5.74) is 0. The lowest BCUT2D eigenvalue weighted by molar-refractivity contribution is -0.910. The van der Waals surface area contributed by atoms with Crippen LogP contribution in [-0.4, -0.2) is 36.5 Å². The Morgan fingerprint density at radius 3 is 1.47 bits per heavy atom. The first-order valence-electron chi connectivity index (χ1n) is 8.08. The zero-order valence-corrected chi connectivity index (χ0v) is 15.7. The smallest absolute Gasteiger partial charge is 0.0792 e. The van der Waals surface area contributed by atoms with Crippen molar-refractivity contribution in [3.05, 3.63) is 0 Å². The van der Waals surface area contributed by atoms with Crippen LogP contribution in [0.25, 0.3) is 0 Å². The molecular formula is C16H35BrClN. The molecule has 0 spiro atoms. The van der Waals surface area contributed by atoms with E-state index in [1.165, 1.54) is 81.9 Å². The number of alkyl halides is 1. The SMILES string of the molecule is CCCCCC[N+](C)(CCCBr)CCCCCC.[Cl-]. The molecule has 0 aliphatic carbocycles. The molecule has 0 saturated heterocycles. The number of rotatable bonds is 13. The van der Waals surface area contributed by atoms with Crippen molar-refractivity contribution in [2.75, 3.05) is 32.0 Å². The molecule has 19 heavy (non-hydrogen) atoms. The van der Waals surface area contributed by atoms with E-state index in [2.05, 4.69) is 36.8 Å². The fourth-order valence-electron chi connectivity index (χ4n) is 2.62. The van der Waals surface area contributed by atoms with E-state index in [9.17, 15) is 0 Å². The van der Waals surface area contributed by atoms with Crippen LogP contribution in [0.5, 0.6) is 0 Å². The lowest BCUT2D eigenvalue weighted by Gasteiger charge is -2.35. The minimum Gasteiger partial charge on any atom is -1.00 e. The van der Waals surface area contributed by atoms with Gasteiger partial charge in [-0.25, -0.2) is 0 Å². The van der Waals surface area contributed by atoms with Gasteiger partial charge in [-0.1, -0.05) is 55.5 Å². The molecule has 3 heteroatoms. The first-order valence-corrected chi connectivity index (χ1v) is 9.20. The van der Waals surface area contributed by atoms with Crippen molar-refractivity contribution in [3.8, 4) is 0 Å². The Hall–Kier alpha value is 0.730. The van der Waals surface area contributed by atoms with Gasteiger partial charge in [-0.05, 0) is 25.7 Å². The maximum atomic E-state index is 3.58. The summed E-state index contributed by atoms with van der Waals surface area (Å²) in [6.07, 6.45) is 12.5. The second kappa shape index (κ2) is 15.1. The Balaban J connectivity index is 0. The molecule has 0 aromatic rings. The molecule has 0 aliphatic rings. The molecule has 0 rings (SSSR count). The average Bonchev–Trinajstić information content (AvgIpc) is 2.38. The monoisotopic (exact) mass is 355 g/mol. The third-order valence-electron chi connectivity index (χ3n) is 3.93. The number of hydrogen-bond acceptors (Lipinski definition) is 0. The molecule has 0 fully saturated rings. The highest BCUT2D eigenvalue weighted by molar-refractivity contribution is 9.09. The molecule has 1 nitrogen and oxygen atoms in total. The van der Waals surface area contributed by atoms with Crippen LogP contribution in [0, 0.1) is 0 Å². The highest BCUT2D eigenvalue weighted by Gasteiger charge is 2.19. The minimum atomic E-state index is 0. The largest absolute Gasteiger partial charge is 1.00 e. The van der Waals surface area contributed by atoms with Crippen molar-refractivity contribution in [1.29, 1.82) is 0 Å². The van der Waals surface area contributed by atoms with Gasteiger partial charge in [0, 0.05) is 11.8 Å². The molecular weight excluding hydrogens is 322 g/mol. The first-order chi connectivity index (χ1) is 8.68. The third kappa shape index (κ3) is 13.5. The maximum absolute atomic E-state index is 3.58. The molecule has 0 amide bonds. The van der Waals surface area contributed by atoms with Crippen LogP contribution in [0.2, 0.25) is 0 Å². The van der Waals surface area contributed by atoms with Crippen LogP contribution in [0.1, 0.15) is 71.6 Å². The fraction of sp³-hybridized carbons (Fsp3) is 1.00. The van der Waals surface area contributed by atoms with Crippen LogP contribution < -0.4 is 12.4 Å². The quantitative estimate of drug-likeness (QED) is 0.270. The van der Waals surface area contributed by atoms with Crippen molar-refractivity contribution in [2.45, 2.75) is 71.6 Å². The summed E-state index contributed by atoms with van der Waals surface area (Å²) in [6.45, 7) is 8.72. The summed E-state index contributed by atoms with van der Waals surface area (Å²) in [4.78, 5) is 0. The van der Waals surface area contributed by atoms with Crippen molar-refractivity contribution in [1.82, 2.24) is 0 Å². The molecule has 0 aromatic heterocycles. The predicted octanol–water partition coefficient (Wildman–Crippen LogP) is 2.38. The predicted molar refractivity (Wildman–Crippen MR) is 87.5 cm³/mol. The molecule has 118 valence electrons. The van der Waals surface area contributed by atoms with E-state index in [-0.39, 0.29) is 12.4 Å². The van der Waals surface area contributed by atoms with Crippen molar-refractivity contribution in [2.24, 2.45) is 0 Å². The summed E-state index contributed by atoms with van der Waals surface area (Å²) in [6, 6.07) is 0. The summed E-state index contributed by atoms with van der Waals surface area (Å²) >= 11 is 3.58. The Kier molecular flexibility index (Phi) is 17.5. The highest BCUT2D eigenvalue weighted by Crippen LogP contribution is 2.13. The Bertz CT molecular complexity index is 164. The van der Waals surface area contributed by atoms with Gasteiger partial charge in [0.15, 0.2) is 0 Å². The second-order valence-electron chi connectivity index (χ2n) is 5.95. The molecule has 0 N–H and O–H groups in total. The van der Waals surface area contributed by atoms with E-state index in [4.69, 9.17) is 0 Å². The molecule has 0 bridgehead atoms. The third-order valence-corrected chi connectivity index (χ3v) is 4.50. The summed E-state index contributed by atoms with van der Waals surface area (Å²) in [7, 11) is 2.47. The summed E-state index contributed by atoms with van der Waals surface area (Å²) in [5, 5.41) is 1.16.